The molecule has 35 heavy (non-hydrogen) atoms. The lowest BCUT2D eigenvalue weighted by Gasteiger charge is -2.15. The van der Waals surface area contributed by atoms with Crippen molar-refractivity contribution in [2.75, 3.05) is 13.7 Å². The van der Waals surface area contributed by atoms with Gasteiger partial charge in [-0.25, -0.2) is 13.2 Å². The Labute approximate surface area is 203 Å². The first kappa shape index (κ1) is 25.6. The van der Waals surface area contributed by atoms with Crippen LogP contribution in [0, 0.1) is 11.3 Å². The summed E-state index contributed by atoms with van der Waals surface area (Å²) in [7, 11) is -2.80. The summed E-state index contributed by atoms with van der Waals surface area (Å²) in [5.41, 5.74) is 3.23. The number of sulfonamides is 1. The van der Waals surface area contributed by atoms with E-state index in [4.69, 9.17) is 10.00 Å². The van der Waals surface area contributed by atoms with E-state index in [0.29, 0.717) is 5.56 Å². The molecule has 0 bridgehead atoms. The zero-order valence-electron chi connectivity index (χ0n) is 18.8. The third-order valence-corrected chi connectivity index (χ3v) is 6.20. The molecule has 0 unspecified atom stereocenters. The molecular formula is C25H23N3O6S. The van der Waals surface area contributed by atoms with Gasteiger partial charge in [0.2, 0.25) is 5.91 Å². The number of ether oxygens (including phenoxy) is 1. The van der Waals surface area contributed by atoms with Crippen molar-refractivity contribution in [3.63, 3.8) is 0 Å². The van der Waals surface area contributed by atoms with Gasteiger partial charge in [-0.3, -0.25) is 4.79 Å². The lowest BCUT2D eigenvalue weighted by molar-refractivity contribution is -0.158. The molecule has 10 heteroatoms. The van der Waals surface area contributed by atoms with Gasteiger partial charge in [-0.1, -0.05) is 54.6 Å². The highest BCUT2D eigenvalue weighted by Crippen LogP contribution is 2.20. The van der Waals surface area contributed by atoms with Crippen LogP contribution >= 0.6 is 0 Å². The Hall–Kier alpha value is -4.04. The van der Waals surface area contributed by atoms with Crippen molar-refractivity contribution in [1.29, 1.82) is 5.26 Å². The highest BCUT2D eigenvalue weighted by Gasteiger charge is 2.24. The molecule has 0 aliphatic heterocycles. The molecule has 180 valence electrons. The maximum absolute atomic E-state index is 12.3. The normalized spacial score (nSPS) is 11.8. The molecule has 2 N–H and O–H groups in total. The summed E-state index contributed by atoms with van der Waals surface area (Å²) in [6.45, 7) is -0.204. The van der Waals surface area contributed by atoms with Crippen LogP contribution in [0.3, 0.4) is 0 Å². The monoisotopic (exact) mass is 493 g/mol. The summed E-state index contributed by atoms with van der Waals surface area (Å²) in [6, 6.07) is 24.0. The largest absolute Gasteiger partial charge is 0.368 e. The first-order chi connectivity index (χ1) is 16.8. The van der Waals surface area contributed by atoms with E-state index in [9.17, 15) is 18.0 Å². The Kier molecular flexibility index (Phi) is 8.69. The lowest BCUT2D eigenvalue weighted by Crippen LogP contribution is -2.42. The number of nitrogens with zero attached hydrogens (tertiary/aromatic N) is 1. The van der Waals surface area contributed by atoms with Crippen LogP contribution in [0.4, 0.5) is 0 Å². The number of nitrogens with one attached hydrogen (secondary N) is 2. The second kappa shape index (κ2) is 11.9. The Morgan fingerprint density at radius 1 is 0.943 bits per heavy atom. The number of methoxy groups -OCH3 is 1. The molecule has 3 rings (SSSR count). The van der Waals surface area contributed by atoms with Crippen molar-refractivity contribution in [3.05, 3.63) is 90.0 Å². The molecule has 0 radical (unpaired) electrons. The van der Waals surface area contributed by atoms with Crippen LogP contribution in [-0.4, -0.2) is 40.1 Å². The van der Waals surface area contributed by atoms with Crippen LogP contribution in [0.1, 0.15) is 11.1 Å². The molecular weight excluding hydrogens is 470 g/mol. The van der Waals surface area contributed by atoms with Crippen molar-refractivity contribution in [1.82, 2.24) is 10.2 Å². The van der Waals surface area contributed by atoms with Crippen LogP contribution in [0.25, 0.3) is 11.1 Å². The second-order valence-corrected chi connectivity index (χ2v) is 9.06. The van der Waals surface area contributed by atoms with Gasteiger partial charge in [-0.05, 0) is 45.8 Å². The second-order valence-electron chi connectivity index (χ2n) is 7.41. The van der Waals surface area contributed by atoms with E-state index in [-0.39, 0.29) is 23.8 Å². The van der Waals surface area contributed by atoms with Crippen LogP contribution in [0.5, 0.6) is 0 Å². The van der Waals surface area contributed by atoms with E-state index in [0.717, 1.165) is 16.7 Å². The predicted molar refractivity (Wildman–Crippen MR) is 127 cm³/mol. The molecule has 0 saturated heterocycles. The summed E-state index contributed by atoms with van der Waals surface area (Å²) in [5.74, 6) is -1.35. The van der Waals surface area contributed by atoms with Crippen molar-refractivity contribution < 1.29 is 27.6 Å². The zero-order valence-corrected chi connectivity index (χ0v) is 19.6. The van der Waals surface area contributed by atoms with Gasteiger partial charge in [0, 0.05) is 7.11 Å². The number of amides is 1. The average Bonchev–Trinajstić information content (AvgIpc) is 2.89. The number of carbonyl (C=O) groups excluding carboxylic acids is 2. The van der Waals surface area contributed by atoms with Gasteiger partial charge in [-0.15, -0.1) is 0 Å². The van der Waals surface area contributed by atoms with E-state index in [2.05, 4.69) is 16.2 Å². The zero-order chi connectivity index (χ0) is 25.3. The van der Waals surface area contributed by atoms with Crippen molar-refractivity contribution >= 4 is 21.9 Å². The molecule has 1 atom stereocenters. The smallest absolute Gasteiger partial charge is 0.356 e. The van der Waals surface area contributed by atoms with Crippen molar-refractivity contribution in [2.24, 2.45) is 0 Å². The number of hydrogen-bond donors (Lipinski definition) is 2. The summed E-state index contributed by atoms with van der Waals surface area (Å²) < 4.78 is 29.3. The van der Waals surface area contributed by atoms with Gasteiger partial charge in [0.05, 0.1) is 29.5 Å². The minimum absolute atomic E-state index is 0.0692. The molecule has 0 aliphatic carbocycles. The quantitative estimate of drug-likeness (QED) is 0.414. The SMILES string of the molecule is CO[C@@H](CNC(=O)Cc1ccc(-c2ccc(C#N)cc2)cc1)C(=O)ONS(=O)(=O)c1ccccc1. The number of hydrogen-bond acceptors (Lipinski definition) is 7. The molecule has 0 aliphatic rings. The fourth-order valence-electron chi connectivity index (χ4n) is 3.08. The number of nitriles is 1. The predicted octanol–water partition coefficient (Wildman–Crippen LogP) is 2.34. The van der Waals surface area contributed by atoms with E-state index in [1.165, 1.54) is 31.4 Å². The van der Waals surface area contributed by atoms with Crippen LogP contribution in [0.2, 0.25) is 0 Å². The Bertz CT molecular complexity index is 1300. The topological polar surface area (TPSA) is 135 Å². The standard InChI is InChI=1S/C25H23N3O6S/c1-33-23(25(30)34-28-35(31,32)22-5-3-2-4-6-22)17-27-24(29)15-18-7-11-20(12-8-18)21-13-9-19(16-26)10-14-21/h2-14,23,28H,15,17H2,1H3,(H,27,29)/t23-/m0/s1. The maximum Gasteiger partial charge on any atom is 0.356 e. The van der Waals surface area contributed by atoms with Gasteiger partial charge >= 0.3 is 5.97 Å². The van der Waals surface area contributed by atoms with Crippen molar-refractivity contribution in [3.8, 4) is 17.2 Å². The average molecular weight is 494 g/mol. The van der Waals surface area contributed by atoms with Gasteiger partial charge in [0.15, 0.2) is 6.10 Å². The minimum Gasteiger partial charge on any atom is -0.368 e. The first-order valence-corrected chi connectivity index (χ1v) is 12.0. The Balaban J connectivity index is 1.49. The number of rotatable bonds is 10. The Morgan fingerprint density at radius 2 is 1.54 bits per heavy atom. The molecule has 0 saturated carbocycles. The summed E-state index contributed by atoms with van der Waals surface area (Å²) in [4.78, 5) is 30.9. The van der Waals surface area contributed by atoms with Crippen LogP contribution in [-0.2, 0) is 35.6 Å². The van der Waals surface area contributed by atoms with E-state index in [1.54, 1.807) is 23.1 Å². The Morgan fingerprint density at radius 3 is 2.11 bits per heavy atom. The summed E-state index contributed by atoms with van der Waals surface area (Å²) in [6.07, 6.45) is -1.14. The molecule has 1 amide bonds. The third kappa shape index (κ3) is 7.22. The fourth-order valence-corrected chi connectivity index (χ4v) is 3.88. The maximum atomic E-state index is 12.3. The van der Waals surface area contributed by atoms with E-state index >= 15 is 0 Å². The lowest BCUT2D eigenvalue weighted by atomic mass is 10.0. The van der Waals surface area contributed by atoms with Gasteiger partial charge in [0.1, 0.15) is 0 Å². The summed E-state index contributed by atoms with van der Waals surface area (Å²) in [5, 5.41) is 11.5. The molecule has 3 aromatic carbocycles. The number of carbonyl (C=O) groups is 2. The van der Waals surface area contributed by atoms with E-state index in [1.807, 2.05) is 36.4 Å². The van der Waals surface area contributed by atoms with Gasteiger partial charge in [0.25, 0.3) is 10.0 Å². The molecule has 9 nitrogen and oxygen atoms in total. The summed E-state index contributed by atoms with van der Waals surface area (Å²) >= 11 is 0. The molecule has 0 fully saturated rings. The first-order valence-electron chi connectivity index (χ1n) is 10.5. The molecule has 0 aromatic heterocycles. The van der Waals surface area contributed by atoms with Crippen molar-refractivity contribution in [2.45, 2.75) is 17.4 Å². The number of benzene rings is 3. The third-order valence-electron chi connectivity index (χ3n) is 5.00. The highest BCUT2D eigenvalue weighted by molar-refractivity contribution is 7.89. The highest BCUT2D eigenvalue weighted by atomic mass is 32.2. The van der Waals surface area contributed by atoms with Crippen LogP contribution in [0.15, 0.2) is 83.8 Å². The van der Waals surface area contributed by atoms with E-state index < -0.39 is 22.1 Å². The molecule has 0 heterocycles. The van der Waals surface area contributed by atoms with Crippen LogP contribution < -0.4 is 10.2 Å². The minimum atomic E-state index is -4.05. The fraction of sp³-hybridized carbons (Fsp3) is 0.160. The molecule has 3 aromatic rings. The van der Waals surface area contributed by atoms with Gasteiger partial charge in [-0.2, -0.15) is 5.26 Å². The van der Waals surface area contributed by atoms with Gasteiger partial charge < -0.3 is 14.9 Å². The molecule has 0 spiro atoms.